The van der Waals surface area contributed by atoms with E-state index in [0.29, 0.717) is 23.5 Å². The second-order valence-corrected chi connectivity index (χ2v) is 6.41. The van der Waals surface area contributed by atoms with E-state index in [-0.39, 0.29) is 5.03 Å². The highest BCUT2D eigenvalue weighted by Crippen LogP contribution is 2.25. The monoisotopic (exact) mass is 319 g/mol. The maximum absolute atomic E-state index is 12.3. The second kappa shape index (κ2) is 6.49. The van der Waals surface area contributed by atoms with Crippen LogP contribution in [0, 0.1) is 11.3 Å². The lowest BCUT2D eigenvalue weighted by molar-refractivity contribution is 0.598. The zero-order valence-electron chi connectivity index (χ0n) is 12.4. The summed E-state index contributed by atoms with van der Waals surface area (Å²) in [5, 5.41) is 12.0. The molecule has 0 unspecified atom stereocenters. The molecule has 2 aromatic rings. The summed E-state index contributed by atoms with van der Waals surface area (Å²) in [6, 6.07) is 6.82. The number of nitrogens with zero attached hydrogens (tertiary/aromatic N) is 3. The molecule has 1 heterocycles. The average molecular weight is 319 g/mol. The Morgan fingerprint density at radius 1 is 1.36 bits per heavy atom. The predicted molar refractivity (Wildman–Crippen MR) is 84.0 cm³/mol. The summed E-state index contributed by atoms with van der Waals surface area (Å²) >= 11 is 0. The second-order valence-electron chi connectivity index (χ2n) is 4.78. The van der Waals surface area contributed by atoms with Crippen LogP contribution in [-0.2, 0) is 17.1 Å². The molecule has 0 amide bonds. The van der Waals surface area contributed by atoms with Crippen LogP contribution in [0.4, 0.5) is 11.4 Å². The molecule has 116 valence electrons. The van der Waals surface area contributed by atoms with Gasteiger partial charge in [-0.3, -0.25) is 4.72 Å². The minimum atomic E-state index is -3.80. The van der Waals surface area contributed by atoms with Gasteiger partial charge in [-0.25, -0.2) is 4.98 Å². The van der Waals surface area contributed by atoms with Crippen molar-refractivity contribution >= 4 is 21.4 Å². The summed E-state index contributed by atoms with van der Waals surface area (Å²) in [5.41, 5.74) is 1.33. The summed E-state index contributed by atoms with van der Waals surface area (Å²) in [7, 11) is -2.11. The van der Waals surface area contributed by atoms with Gasteiger partial charge >= 0.3 is 0 Å². The molecule has 0 aliphatic rings. The molecule has 2 N–H and O–H groups in total. The molecule has 1 aromatic heterocycles. The minimum absolute atomic E-state index is 0.0706. The van der Waals surface area contributed by atoms with Gasteiger partial charge in [0.15, 0.2) is 5.03 Å². The third kappa shape index (κ3) is 3.56. The van der Waals surface area contributed by atoms with Crippen LogP contribution in [-0.4, -0.2) is 24.5 Å². The van der Waals surface area contributed by atoms with Crippen molar-refractivity contribution in [1.82, 2.24) is 9.55 Å². The van der Waals surface area contributed by atoms with E-state index in [2.05, 4.69) is 15.0 Å². The highest BCUT2D eigenvalue weighted by atomic mass is 32.2. The Morgan fingerprint density at radius 3 is 2.73 bits per heavy atom. The third-order valence-electron chi connectivity index (χ3n) is 2.91. The molecule has 22 heavy (non-hydrogen) atoms. The van der Waals surface area contributed by atoms with Crippen molar-refractivity contribution in [3.05, 3.63) is 36.3 Å². The van der Waals surface area contributed by atoms with Crippen molar-refractivity contribution in [2.75, 3.05) is 16.6 Å². The van der Waals surface area contributed by atoms with Crippen LogP contribution in [0.1, 0.15) is 18.9 Å². The van der Waals surface area contributed by atoms with Gasteiger partial charge in [-0.15, -0.1) is 0 Å². The van der Waals surface area contributed by atoms with Crippen LogP contribution in [0.3, 0.4) is 0 Å². The van der Waals surface area contributed by atoms with Crippen LogP contribution in [0.25, 0.3) is 0 Å². The molecular weight excluding hydrogens is 302 g/mol. The number of rotatable bonds is 6. The molecule has 7 nitrogen and oxygen atoms in total. The fraction of sp³-hybridized carbons (Fsp3) is 0.286. The maximum atomic E-state index is 12.3. The zero-order chi connectivity index (χ0) is 16.2. The summed E-state index contributed by atoms with van der Waals surface area (Å²) in [4.78, 5) is 3.85. The summed E-state index contributed by atoms with van der Waals surface area (Å²) in [6.45, 7) is 2.71. The van der Waals surface area contributed by atoms with Gasteiger partial charge in [0.1, 0.15) is 0 Å². The minimum Gasteiger partial charge on any atom is -0.383 e. The molecule has 0 aliphatic carbocycles. The lowest BCUT2D eigenvalue weighted by Crippen LogP contribution is -2.15. The fourth-order valence-corrected chi connectivity index (χ4v) is 2.89. The topological polar surface area (TPSA) is 99.8 Å². The van der Waals surface area contributed by atoms with Crippen molar-refractivity contribution in [2.45, 2.75) is 18.4 Å². The first-order valence-electron chi connectivity index (χ1n) is 6.75. The van der Waals surface area contributed by atoms with Crippen molar-refractivity contribution in [3.8, 4) is 6.07 Å². The van der Waals surface area contributed by atoms with E-state index in [1.165, 1.54) is 18.6 Å². The molecule has 0 aliphatic heterocycles. The van der Waals surface area contributed by atoms with Gasteiger partial charge in [-0.05, 0) is 24.6 Å². The number of anilines is 2. The number of nitrogens with one attached hydrogen (secondary N) is 2. The fourth-order valence-electron chi connectivity index (χ4n) is 1.84. The van der Waals surface area contributed by atoms with Crippen LogP contribution in [0.2, 0.25) is 0 Å². The first kappa shape index (κ1) is 15.9. The van der Waals surface area contributed by atoms with Gasteiger partial charge in [-0.2, -0.15) is 13.7 Å². The number of aryl methyl sites for hydroxylation is 1. The summed E-state index contributed by atoms with van der Waals surface area (Å²) in [5.74, 6) is 0. The van der Waals surface area contributed by atoms with Crippen LogP contribution < -0.4 is 10.0 Å². The lowest BCUT2D eigenvalue weighted by Gasteiger charge is -2.13. The molecule has 0 spiro atoms. The Morgan fingerprint density at radius 2 is 2.14 bits per heavy atom. The molecule has 0 radical (unpaired) electrons. The standard InChI is InChI=1S/C14H17N5O2S/c1-3-6-16-12-5-4-11(8-15)7-13(12)18-22(20,21)14-9-19(2)10-17-14/h4-5,7,9-10,16,18H,3,6H2,1-2H3. The quantitative estimate of drug-likeness (QED) is 0.847. The van der Waals surface area contributed by atoms with Gasteiger partial charge in [0.05, 0.1) is 29.3 Å². The van der Waals surface area contributed by atoms with Crippen LogP contribution >= 0.6 is 0 Å². The number of benzene rings is 1. The largest absolute Gasteiger partial charge is 0.383 e. The highest BCUT2D eigenvalue weighted by molar-refractivity contribution is 7.92. The van der Waals surface area contributed by atoms with Gasteiger partial charge in [0.25, 0.3) is 10.0 Å². The van der Waals surface area contributed by atoms with Gasteiger partial charge in [0, 0.05) is 19.8 Å². The average Bonchev–Trinajstić information content (AvgIpc) is 2.93. The molecule has 0 bridgehead atoms. The number of hydrogen-bond donors (Lipinski definition) is 2. The Labute approximate surface area is 129 Å². The van der Waals surface area contributed by atoms with Crippen molar-refractivity contribution in [3.63, 3.8) is 0 Å². The Kier molecular flexibility index (Phi) is 4.68. The smallest absolute Gasteiger partial charge is 0.281 e. The van der Waals surface area contributed by atoms with E-state index in [9.17, 15) is 8.42 Å². The Bertz CT molecular complexity index is 805. The molecule has 0 atom stereocenters. The number of aromatic nitrogens is 2. The van der Waals surface area contributed by atoms with E-state index >= 15 is 0 Å². The molecular formula is C14H17N5O2S. The van der Waals surface area contributed by atoms with E-state index in [4.69, 9.17) is 5.26 Å². The highest BCUT2D eigenvalue weighted by Gasteiger charge is 2.19. The van der Waals surface area contributed by atoms with E-state index in [1.54, 1.807) is 23.7 Å². The molecule has 0 saturated carbocycles. The molecule has 2 rings (SSSR count). The van der Waals surface area contributed by atoms with E-state index in [0.717, 1.165) is 6.42 Å². The van der Waals surface area contributed by atoms with Crippen LogP contribution in [0.5, 0.6) is 0 Å². The van der Waals surface area contributed by atoms with E-state index in [1.807, 2.05) is 13.0 Å². The van der Waals surface area contributed by atoms with Crippen LogP contribution in [0.15, 0.2) is 35.7 Å². The normalized spacial score (nSPS) is 11.0. The predicted octanol–water partition coefficient (Wildman–Crippen LogP) is 1.91. The summed E-state index contributed by atoms with van der Waals surface area (Å²) in [6.07, 6.45) is 3.72. The zero-order valence-corrected chi connectivity index (χ0v) is 13.2. The summed E-state index contributed by atoms with van der Waals surface area (Å²) < 4.78 is 28.7. The van der Waals surface area contributed by atoms with Gasteiger partial charge in [0.2, 0.25) is 0 Å². The van der Waals surface area contributed by atoms with Crippen molar-refractivity contribution in [1.29, 1.82) is 5.26 Å². The first-order valence-corrected chi connectivity index (χ1v) is 8.23. The van der Waals surface area contributed by atoms with Crippen molar-refractivity contribution in [2.24, 2.45) is 7.05 Å². The SMILES string of the molecule is CCCNc1ccc(C#N)cc1NS(=O)(=O)c1cn(C)cn1. The Hall–Kier alpha value is -2.53. The molecule has 1 aromatic carbocycles. The van der Waals surface area contributed by atoms with Crippen molar-refractivity contribution < 1.29 is 8.42 Å². The number of imidazole rings is 1. The molecule has 8 heteroatoms. The van der Waals surface area contributed by atoms with E-state index < -0.39 is 10.0 Å². The third-order valence-corrected chi connectivity index (χ3v) is 4.17. The van der Waals surface area contributed by atoms with Gasteiger partial charge in [-0.1, -0.05) is 6.92 Å². The number of sulfonamides is 1. The van der Waals surface area contributed by atoms with Gasteiger partial charge < -0.3 is 9.88 Å². The first-order chi connectivity index (χ1) is 10.5. The molecule has 0 saturated heterocycles. The maximum Gasteiger partial charge on any atom is 0.281 e. The number of hydrogen-bond acceptors (Lipinski definition) is 5. The Balaban J connectivity index is 2.36. The lowest BCUT2D eigenvalue weighted by atomic mass is 10.2. The number of nitriles is 1. The molecule has 0 fully saturated rings.